The highest BCUT2D eigenvalue weighted by molar-refractivity contribution is 6.15. The number of Topliss-reactive ketones (excluding diaryl/α,β-unsaturated/α-hetero) is 1. The molecular formula is C28H34N2O7. The molecule has 1 saturated heterocycles. The van der Waals surface area contributed by atoms with Gasteiger partial charge in [-0.05, 0) is 38.1 Å². The lowest BCUT2D eigenvalue weighted by Crippen LogP contribution is -2.39. The standard InChI is InChI=1S/C28H34N2O7/c1-18-27-20(16-30(17-36-27)7-5-6-29-8-10-35-11-9-29)12-21-26(31)25(37-28(18)21)14-19-13-23(33-3)24(34-4)15-22(19)32-2/h12-15H,5-11,16-17H2,1-4H3/b25-14-. The van der Waals surface area contributed by atoms with E-state index in [1.807, 2.05) is 13.0 Å². The van der Waals surface area contributed by atoms with Crippen LogP contribution in [0, 0.1) is 6.92 Å². The lowest BCUT2D eigenvalue weighted by Gasteiger charge is -2.31. The molecule has 37 heavy (non-hydrogen) atoms. The summed E-state index contributed by atoms with van der Waals surface area (Å²) >= 11 is 0. The molecule has 0 radical (unpaired) electrons. The van der Waals surface area contributed by atoms with E-state index in [1.54, 1.807) is 39.5 Å². The number of ketones is 1. The second kappa shape index (κ2) is 11.0. The maximum atomic E-state index is 13.4. The number of carbonyl (C=O) groups excluding carboxylic acids is 1. The van der Waals surface area contributed by atoms with Crippen molar-refractivity contribution in [3.05, 3.63) is 46.2 Å². The zero-order chi connectivity index (χ0) is 25.9. The summed E-state index contributed by atoms with van der Waals surface area (Å²) in [5.41, 5.74) is 3.06. The zero-order valence-electron chi connectivity index (χ0n) is 21.9. The topological polar surface area (TPSA) is 78.9 Å². The van der Waals surface area contributed by atoms with E-state index in [2.05, 4.69) is 9.80 Å². The molecule has 0 spiro atoms. The number of hydrogen-bond donors (Lipinski definition) is 0. The fourth-order valence-corrected chi connectivity index (χ4v) is 5.09. The average Bonchev–Trinajstić information content (AvgIpc) is 3.24. The molecule has 0 aromatic heterocycles. The number of ether oxygens (including phenoxy) is 6. The molecule has 0 saturated carbocycles. The Morgan fingerprint density at radius 3 is 2.35 bits per heavy atom. The summed E-state index contributed by atoms with van der Waals surface area (Å²) in [6.07, 6.45) is 2.74. The van der Waals surface area contributed by atoms with Crippen LogP contribution in [-0.2, 0) is 11.3 Å². The monoisotopic (exact) mass is 510 g/mol. The normalized spacial score (nSPS) is 18.7. The average molecular weight is 511 g/mol. The summed E-state index contributed by atoms with van der Waals surface area (Å²) < 4.78 is 34.0. The van der Waals surface area contributed by atoms with Crippen LogP contribution < -0.4 is 23.7 Å². The highest BCUT2D eigenvalue weighted by Crippen LogP contribution is 2.44. The number of morpholine rings is 1. The lowest BCUT2D eigenvalue weighted by molar-refractivity contribution is 0.0329. The van der Waals surface area contributed by atoms with E-state index in [0.29, 0.717) is 40.9 Å². The SMILES string of the molecule is COc1cc(OC)c(OC)cc1/C=C1\Oc2c(cc3c(c2C)OCN(CCCN2CCOCC2)C3)C1=O. The maximum absolute atomic E-state index is 13.4. The minimum Gasteiger partial charge on any atom is -0.496 e. The summed E-state index contributed by atoms with van der Waals surface area (Å²) in [7, 11) is 4.69. The second-order valence-electron chi connectivity index (χ2n) is 9.39. The van der Waals surface area contributed by atoms with Crippen molar-refractivity contribution in [3.8, 4) is 28.7 Å². The van der Waals surface area contributed by atoms with Gasteiger partial charge in [0.25, 0.3) is 0 Å². The molecule has 3 heterocycles. The summed E-state index contributed by atoms with van der Waals surface area (Å²) in [4.78, 5) is 18.1. The van der Waals surface area contributed by atoms with E-state index < -0.39 is 0 Å². The van der Waals surface area contributed by atoms with Crippen LogP contribution >= 0.6 is 0 Å². The predicted molar refractivity (Wildman–Crippen MR) is 138 cm³/mol. The quantitative estimate of drug-likeness (QED) is 0.496. The Morgan fingerprint density at radius 2 is 1.62 bits per heavy atom. The van der Waals surface area contributed by atoms with E-state index in [-0.39, 0.29) is 11.5 Å². The summed E-state index contributed by atoms with van der Waals surface area (Å²) in [5, 5.41) is 0. The zero-order valence-corrected chi connectivity index (χ0v) is 21.9. The van der Waals surface area contributed by atoms with Crippen LogP contribution in [0.3, 0.4) is 0 Å². The maximum Gasteiger partial charge on any atom is 0.231 e. The first-order valence-corrected chi connectivity index (χ1v) is 12.6. The van der Waals surface area contributed by atoms with Crippen molar-refractivity contribution in [1.82, 2.24) is 9.80 Å². The third-order valence-electron chi connectivity index (χ3n) is 7.08. The van der Waals surface area contributed by atoms with E-state index in [4.69, 9.17) is 28.4 Å². The van der Waals surface area contributed by atoms with Crippen LogP contribution in [0.5, 0.6) is 28.7 Å². The Labute approximate surface area is 217 Å². The van der Waals surface area contributed by atoms with Gasteiger partial charge in [0.1, 0.15) is 24.0 Å². The van der Waals surface area contributed by atoms with Gasteiger partial charge in [-0.25, -0.2) is 0 Å². The molecule has 0 amide bonds. The minimum absolute atomic E-state index is 0.165. The first-order valence-electron chi connectivity index (χ1n) is 12.6. The Balaban J connectivity index is 1.33. The molecule has 3 aliphatic heterocycles. The Hall–Kier alpha value is -3.27. The molecule has 0 bridgehead atoms. The van der Waals surface area contributed by atoms with Crippen LogP contribution in [0.2, 0.25) is 0 Å². The Bertz CT molecular complexity index is 1200. The van der Waals surface area contributed by atoms with Crippen LogP contribution in [0.1, 0.15) is 33.5 Å². The number of methoxy groups -OCH3 is 3. The van der Waals surface area contributed by atoms with Gasteiger partial charge in [0.05, 0.1) is 40.1 Å². The van der Waals surface area contributed by atoms with Crippen LogP contribution in [-0.4, -0.2) is 83.0 Å². The molecule has 2 aromatic carbocycles. The summed E-state index contributed by atoms with van der Waals surface area (Å²) in [6, 6.07) is 5.41. The van der Waals surface area contributed by atoms with E-state index in [1.165, 1.54) is 0 Å². The Morgan fingerprint density at radius 1 is 0.919 bits per heavy atom. The molecule has 0 aliphatic carbocycles. The lowest BCUT2D eigenvalue weighted by atomic mass is 10.00. The number of allylic oxidation sites excluding steroid dienone is 1. The highest BCUT2D eigenvalue weighted by atomic mass is 16.5. The molecule has 0 atom stereocenters. The molecule has 0 unspecified atom stereocenters. The molecule has 9 heteroatoms. The number of benzene rings is 2. The van der Waals surface area contributed by atoms with Crippen LogP contribution in [0.25, 0.3) is 6.08 Å². The van der Waals surface area contributed by atoms with Crippen molar-refractivity contribution in [2.24, 2.45) is 0 Å². The number of rotatable bonds is 8. The highest BCUT2D eigenvalue weighted by Gasteiger charge is 2.34. The molecular weight excluding hydrogens is 476 g/mol. The number of fused-ring (bicyclic) bond motifs is 2. The summed E-state index contributed by atoms with van der Waals surface area (Å²) in [6.45, 7) is 8.82. The predicted octanol–water partition coefficient (Wildman–Crippen LogP) is 3.51. The number of nitrogens with zero attached hydrogens (tertiary/aromatic N) is 2. The van der Waals surface area contributed by atoms with Crippen molar-refractivity contribution >= 4 is 11.9 Å². The van der Waals surface area contributed by atoms with Crippen molar-refractivity contribution in [2.45, 2.75) is 19.9 Å². The van der Waals surface area contributed by atoms with Gasteiger partial charge in [-0.3, -0.25) is 14.6 Å². The van der Waals surface area contributed by atoms with Crippen LogP contribution in [0.4, 0.5) is 0 Å². The molecule has 2 aromatic rings. The van der Waals surface area contributed by atoms with Crippen molar-refractivity contribution in [2.75, 3.05) is 67.5 Å². The number of hydrogen-bond acceptors (Lipinski definition) is 9. The molecule has 1 fully saturated rings. The molecule has 0 N–H and O–H groups in total. The smallest absolute Gasteiger partial charge is 0.231 e. The van der Waals surface area contributed by atoms with Gasteiger partial charge in [0.15, 0.2) is 17.3 Å². The third kappa shape index (κ3) is 5.12. The van der Waals surface area contributed by atoms with Gasteiger partial charge in [-0.15, -0.1) is 0 Å². The first kappa shape index (κ1) is 25.4. The van der Waals surface area contributed by atoms with Gasteiger partial charge in [-0.1, -0.05) is 0 Å². The van der Waals surface area contributed by atoms with Gasteiger partial charge in [0, 0.05) is 48.9 Å². The van der Waals surface area contributed by atoms with E-state index in [9.17, 15) is 4.79 Å². The van der Waals surface area contributed by atoms with Crippen molar-refractivity contribution in [3.63, 3.8) is 0 Å². The first-order chi connectivity index (χ1) is 18.0. The number of carbonyl (C=O) groups is 1. The van der Waals surface area contributed by atoms with E-state index >= 15 is 0 Å². The van der Waals surface area contributed by atoms with Crippen molar-refractivity contribution < 1.29 is 33.2 Å². The Kier molecular flexibility index (Phi) is 7.55. The molecule has 3 aliphatic rings. The fourth-order valence-electron chi connectivity index (χ4n) is 5.09. The molecule has 5 rings (SSSR count). The fraction of sp³-hybridized carbons (Fsp3) is 0.464. The van der Waals surface area contributed by atoms with Crippen molar-refractivity contribution in [1.29, 1.82) is 0 Å². The third-order valence-corrected chi connectivity index (χ3v) is 7.08. The van der Waals surface area contributed by atoms with Crippen LogP contribution in [0.15, 0.2) is 24.0 Å². The van der Waals surface area contributed by atoms with E-state index in [0.717, 1.165) is 69.2 Å². The minimum atomic E-state index is -0.165. The molecule has 198 valence electrons. The van der Waals surface area contributed by atoms with Gasteiger partial charge in [-0.2, -0.15) is 0 Å². The largest absolute Gasteiger partial charge is 0.496 e. The second-order valence-corrected chi connectivity index (χ2v) is 9.39. The summed E-state index contributed by atoms with van der Waals surface area (Å²) in [5.74, 6) is 3.04. The van der Waals surface area contributed by atoms with Gasteiger partial charge >= 0.3 is 0 Å². The van der Waals surface area contributed by atoms with Gasteiger partial charge in [0.2, 0.25) is 5.78 Å². The van der Waals surface area contributed by atoms with Gasteiger partial charge < -0.3 is 28.4 Å². The molecule has 9 nitrogen and oxygen atoms in total.